The Bertz CT molecular complexity index is 715. The van der Waals surface area contributed by atoms with Gasteiger partial charge in [-0.3, -0.25) is 9.59 Å². The first-order chi connectivity index (χ1) is 12.1. The van der Waals surface area contributed by atoms with Crippen LogP contribution in [-0.2, 0) is 19.6 Å². The largest absolute Gasteiger partial charge is 0.349 e. The quantitative estimate of drug-likeness (QED) is 0.524. The zero-order chi connectivity index (χ0) is 19.9. The van der Waals surface area contributed by atoms with Gasteiger partial charge in [0.25, 0.3) is 11.8 Å². The molecule has 0 saturated heterocycles. The molecule has 0 spiro atoms. The Hall–Kier alpha value is -1.97. The number of carbonyl (C=O) groups is 2. The molecule has 1 aromatic carbocycles. The van der Waals surface area contributed by atoms with Gasteiger partial charge in [-0.25, -0.2) is 12.7 Å². The van der Waals surface area contributed by atoms with Gasteiger partial charge < -0.3 is 15.5 Å². The molecule has 0 aromatic heterocycles. The predicted molar refractivity (Wildman–Crippen MR) is 100 cm³/mol. The molecule has 0 saturated carbocycles. The van der Waals surface area contributed by atoms with Gasteiger partial charge in [0.15, 0.2) is 13.1 Å². The van der Waals surface area contributed by atoms with E-state index in [2.05, 4.69) is 10.6 Å². The molecule has 0 aliphatic carbocycles. The van der Waals surface area contributed by atoms with Crippen molar-refractivity contribution in [2.24, 2.45) is 0 Å². The highest BCUT2D eigenvalue weighted by molar-refractivity contribution is 7.89. The van der Waals surface area contributed by atoms with Crippen LogP contribution in [0.1, 0.15) is 20.8 Å². The van der Waals surface area contributed by atoms with Crippen LogP contribution in [0, 0.1) is 0 Å². The number of carbonyl (C=O) groups excluding carboxylic acids is 2. The summed E-state index contributed by atoms with van der Waals surface area (Å²) in [7, 11) is -0.575. The molecular weight excluding hydrogens is 356 g/mol. The van der Waals surface area contributed by atoms with Crippen molar-refractivity contribution in [3.63, 3.8) is 0 Å². The number of anilines is 1. The average molecular weight is 386 g/mol. The number of nitrogens with one attached hydrogen (secondary N) is 3. The third kappa shape index (κ3) is 6.74. The van der Waals surface area contributed by atoms with E-state index in [0.717, 1.165) is 9.21 Å². The molecule has 146 valence electrons. The van der Waals surface area contributed by atoms with Gasteiger partial charge in [-0.2, -0.15) is 0 Å². The molecule has 1 aromatic rings. The van der Waals surface area contributed by atoms with Crippen molar-refractivity contribution in [2.75, 3.05) is 39.0 Å². The van der Waals surface area contributed by atoms with Crippen LogP contribution >= 0.6 is 0 Å². The molecule has 0 radical (unpaired) electrons. The molecule has 8 nitrogen and oxygen atoms in total. The van der Waals surface area contributed by atoms with Gasteiger partial charge >= 0.3 is 0 Å². The third-order valence-electron chi connectivity index (χ3n) is 3.69. The molecule has 0 fully saturated rings. The van der Waals surface area contributed by atoms with Crippen LogP contribution in [0.3, 0.4) is 0 Å². The van der Waals surface area contributed by atoms with E-state index in [1.54, 1.807) is 12.1 Å². The Kier molecular flexibility index (Phi) is 8.19. The van der Waals surface area contributed by atoms with Crippen molar-refractivity contribution in [3.05, 3.63) is 24.3 Å². The van der Waals surface area contributed by atoms with Gasteiger partial charge in [0.05, 0.1) is 11.4 Å². The Morgan fingerprint density at radius 3 is 2.08 bits per heavy atom. The summed E-state index contributed by atoms with van der Waals surface area (Å²) in [5.41, 5.74) is 0.509. The smallest absolute Gasteiger partial charge is 0.279 e. The number of rotatable bonds is 9. The summed E-state index contributed by atoms with van der Waals surface area (Å²) < 4.78 is 25.2. The van der Waals surface area contributed by atoms with Crippen LogP contribution in [0.15, 0.2) is 29.2 Å². The van der Waals surface area contributed by atoms with Crippen LogP contribution in [0.2, 0.25) is 0 Å². The summed E-state index contributed by atoms with van der Waals surface area (Å²) >= 11 is 0. The van der Waals surface area contributed by atoms with E-state index in [9.17, 15) is 18.0 Å². The lowest BCUT2D eigenvalue weighted by molar-refractivity contribution is -0.881. The van der Waals surface area contributed by atoms with Gasteiger partial charge in [0.1, 0.15) is 0 Å². The summed E-state index contributed by atoms with van der Waals surface area (Å²) in [6, 6.07) is 6.06. The first-order valence-corrected chi connectivity index (χ1v) is 9.95. The molecular formula is C17H29N4O4S+. The maximum atomic E-state index is 12.2. The number of likely N-dealkylation sites (N-methyl/N-ethyl adjacent to an activating group) is 1. The highest BCUT2D eigenvalue weighted by Crippen LogP contribution is 2.16. The second-order valence-electron chi connectivity index (χ2n) is 6.54. The number of quaternary nitrogens is 1. The lowest BCUT2D eigenvalue weighted by Gasteiger charge is -2.18. The van der Waals surface area contributed by atoms with Crippen LogP contribution in [0.4, 0.5) is 5.69 Å². The lowest BCUT2D eigenvalue weighted by Crippen LogP contribution is -3.14. The Labute approximate surface area is 155 Å². The second kappa shape index (κ2) is 9.65. The third-order valence-corrected chi connectivity index (χ3v) is 5.52. The fourth-order valence-electron chi connectivity index (χ4n) is 2.27. The number of sulfonamides is 1. The topological polar surface area (TPSA) is 100 Å². The number of hydrogen-bond donors (Lipinski definition) is 3. The Balaban J connectivity index is 2.65. The van der Waals surface area contributed by atoms with Gasteiger partial charge in [-0.1, -0.05) is 0 Å². The normalized spacial score (nSPS) is 12.9. The molecule has 1 atom stereocenters. The average Bonchev–Trinajstić information content (AvgIpc) is 2.53. The number of hydrogen-bond acceptors (Lipinski definition) is 4. The molecule has 2 amide bonds. The summed E-state index contributed by atoms with van der Waals surface area (Å²) in [6.45, 7) is 6.69. The fraction of sp³-hybridized carbons (Fsp3) is 0.529. The minimum atomic E-state index is -3.50. The van der Waals surface area contributed by atoms with Crippen molar-refractivity contribution >= 4 is 27.5 Å². The van der Waals surface area contributed by atoms with E-state index in [4.69, 9.17) is 0 Å². The van der Waals surface area contributed by atoms with Crippen LogP contribution in [0.25, 0.3) is 0 Å². The Morgan fingerprint density at radius 2 is 1.62 bits per heavy atom. The molecule has 0 heterocycles. The summed E-state index contributed by atoms with van der Waals surface area (Å²) in [5, 5.41) is 5.54. The number of amides is 2. The van der Waals surface area contributed by atoms with E-state index in [-0.39, 0.29) is 35.8 Å². The van der Waals surface area contributed by atoms with Crippen LogP contribution in [-0.4, -0.2) is 64.3 Å². The van der Waals surface area contributed by atoms with Gasteiger partial charge in [0, 0.05) is 25.8 Å². The van der Waals surface area contributed by atoms with Crippen molar-refractivity contribution in [1.82, 2.24) is 9.62 Å². The predicted octanol–water partition coefficient (Wildman–Crippen LogP) is -0.695. The zero-order valence-corrected chi connectivity index (χ0v) is 16.8. The van der Waals surface area contributed by atoms with Crippen molar-refractivity contribution in [2.45, 2.75) is 31.7 Å². The van der Waals surface area contributed by atoms with E-state index in [1.807, 2.05) is 20.8 Å². The SMILES string of the molecule is CC[NH+](CC(=O)Nc1ccc(S(=O)(=O)N(C)C)cc1)CC(=O)NC(C)C. The highest BCUT2D eigenvalue weighted by atomic mass is 32.2. The van der Waals surface area contributed by atoms with E-state index >= 15 is 0 Å². The number of benzene rings is 1. The molecule has 0 aliphatic rings. The molecule has 3 N–H and O–H groups in total. The second-order valence-corrected chi connectivity index (χ2v) is 8.69. The summed E-state index contributed by atoms with van der Waals surface area (Å²) in [4.78, 5) is 25.0. The maximum Gasteiger partial charge on any atom is 0.279 e. The van der Waals surface area contributed by atoms with Crippen molar-refractivity contribution < 1.29 is 22.9 Å². The molecule has 9 heteroatoms. The standard InChI is InChI=1S/C17H28N4O4S/c1-6-21(11-16(22)18-13(2)3)12-17(23)19-14-7-9-15(10-8-14)26(24,25)20(4)5/h7-10,13H,6,11-12H2,1-5H3,(H,18,22)(H,19,23)/p+1. The zero-order valence-electron chi connectivity index (χ0n) is 16.0. The van der Waals surface area contributed by atoms with Gasteiger partial charge in [-0.15, -0.1) is 0 Å². The summed E-state index contributed by atoms with van der Waals surface area (Å²) in [6.07, 6.45) is 0. The Morgan fingerprint density at radius 1 is 1.08 bits per heavy atom. The van der Waals surface area contributed by atoms with Crippen molar-refractivity contribution in [1.29, 1.82) is 0 Å². The van der Waals surface area contributed by atoms with E-state index in [1.165, 1.54) is 26.2 Å². The molecule has 1 unspecified atom stereocenters. The van der Waals surface area contributed by atoms with Crippen LogP contribution in [0.5, 0.6) is 0 Å². The summed E-state index contributed by atoms with van der Waals surface area (Å²) in [5.74, 6) is -0.328. The van der Waals surface area contributed by atoms with E-state index < -0.39 is 10.0 Å². The fourth-order valence-corrected chi connectivity index (χ4v) is 3.17. The molecule has 1 rings (SSSR count). The van der Waals surface area contributed by atoms with Gasteiger partial charge in [0.2, 0.25) is 10.0 Å². The number of nitrogens with zero attached hydrogens (tertiary/aromatic N) is 1. The molecule has 26 heavy (non-hydrogen) atoms. The van der Waals surface area contributed by atoms with Crippen LogP contribution < -0.4 is 15.5 Å². The lowest BCUT2D eigenvalue weighted by atomic mass is 10.3. The minimum absolute atomic E-state index is 0.0615. The van der Waals surface area contributed by atoms with Gasteiger partial charge in [-0.05, 0) is 45.0 Å². The monoisotopic (exact) mass is 385 g/mol. The molecule has 0 bridgehead atoms. The van der Waals surface area contributed by atoms with E-state index in [0.29, 0.717) is 12.2 Å². The van der Waals surface area contributed by atoms with Crippen molar-refractivity contribution in [3.8, 4) is 0 Å². The molecule has 0 aliphatic heterocycles. The first kappa shape index (κ1) is 22.1. The maximum absolute atomic E-state index is 12.2. The minimum Gasteiger partial charge on any atom is -0.349 e. The highest BCUT2D eigenvalue weighted by Gasteiger charge is 2.19. The first-order valence-electron chi connectivity index (χ1n) is 8.51.